The fraction of sp³-hybridized carbons (Fsp3) is 0.500. The van der Waals surface area contributed by atoms with Crippen LogP contribution in [-0.2, 0) is 0 Å². The lowest BCUT2D eigenvalue weighted by atomic mass is 10.2. The van der Waals surface area contributed by atoms with Crippen LogP contribution in [0.2, 0.25) is 5.02 Å². The SMILES string of the molecule is NCC(Nc1ncc(Cl)cc1[N+](=O)[O-])C1CC1. The van der Waals surface area contributed by atoms with Crippen LogP contribution in [0.1, 0.15) is 12.8 Å². The van der Waals surface area contributed by atoms with Gasteiger partial charge in [0.15, 0.2) is 0 Å². The smallest absolute Gasteiger partial charge is 0.312 e. The minimum absolute atomic E-state index is 0.0439. The summed E-state index contributed by atoms with van der Waals surface area (Å²) in [5.41, 5.74) is 5.52. The molecule has 0 bridgehead atoms. The lowest BCUT2D eigenvalue weighted by Crippen LogP contribution is -2.31. The topological polar surface area (TPSA) is 94.1 Å². The Morgan fingerprint density at radius 1 is 1.71 bits per heavy atom. The van der Waals surface area contributed by atoms with Crippen LogP contribution in [-0.4, -0.2) is 22.5 Å². The Balaban J connectivity index is 2.21. The Bertz CT molecular complexity index is 436. The van der Waals surface area contributed by atoms with E-state index in [0.717, 1.165) is 12.8 Å². The van der Waals surface area contributed by atoms with Gasteiger partial charge >= 0.3 is 5.69 Å². The van der Waals surface area contributed by atoms with Crippen LogP contribution in [0.5, 0.6) is 0 Å². The third-order valence-corrected chi connectivity index (χ3v) is 3.00. The van der Waals surface area contributed by atoms with E-state index in [4.69, 9.17) is 17.3 Å². The number of aromatic nitrogens is 1. The highest BCUT2D eigenvalue weighted by molar-refractivity contribution is 6.30. The van der Waals surface area contributed by atoms with Gasteiger partial charge in [-0.25, -0.2) is 4.98 Å². The minimum atomic E-state index is -0.498. The van der Waals surface area contributed by atoms with E-state index >= 15 is 0 Å². The molecule has 0 amide bonds. The summed E-state index contributed by atoms with van der Waals surface area (Å²) in [4.78, 5) is 14.3. The molecule has 0 spiro atoms. The van der Waals surface area contributed by atoms with Crippen molar-refractivity contribution in [3.05, 3.63) is 27.4 Å². The molecule has 1 aliphatic carbocycles. The fourth-order valence-corrected chi connectivity index (χ4v) is 1.87. The number of nitrogens with one attached hydrogen (secondary N) is 1. The van der Waals surface area contributed by atoms with Gasteiger partial charge in [0.05, 0.1) is 9.95 Å². The number of pyridine rings is 1. The average molecular weight is 257 g/mol. The molecular formula is C10H13ClN4O2. The highest BCUT2D eigenvalue weighted by Gasteiger charge is 2.31. The third kappa shape index (κ3) is 2.83. The Morgan fingerprint density at radius 3 is 2.94 bits per heavy atom. The Hall–Kier alpha value is -1.40. The maximum Gasteiger partial charge on any atom is 0.312 e. The van der Waals surface area contributed by atoms with Gasteiger partial charge < -0.3 is 11.1 Å². The second-order valence-electron chi connectivity index (χ2n) is 4.10. The van der Waals surface area contributed by atoms with Crippen LogP contribution in [0.15, 0.2) is 12.3 Å². The molecule has 2 rings (SSSR count). The summed E-state index contributed by atoms with van der Waals surface area (Å²) < 4.78 is 0. The number of nitrogens with two attached hydrogens (primary N) is 1. The summed E-state index contributed by atoms with van der Waals surface area (Å²) in [5.74, 6) is 0.735. The largest absolute Gasteiger partial charge is 0.360 e. The zero-order chi connectivity index (χ0) is 12.4. The summed E-state index contributed by atoms with van der Waals surface area (Å²) in [6.07, 6.45) is 3.60. The molecule has 7 heteroatoms. The first-order valence-corrected chi connectivity index (χ1v) is 5.76. The van der Waals surface area contributed by atoms with Gasteiger partial charge in [0.25, 0.3) is 0 Å². The predicted molar refractivity (Wildman–Crippen MR) is 65.1 cm³/mol. The summed E-state index contributed by atoms with van der Waals surface area (Å²) >= 11 is 5.69. The van der Waals surface area contributed by atoms with Gasteiger partial charge in [0.2, 0.25) is 5.82 Å². The number of anilines is 1. The maximum atomic E-state index is 10.9. The molecule has 1 unspecified atom stereocenters. The average Bonchev–Trinajstić information content (AvgIpc) is 3.11. The third-order valence-electron chi connectivity index (χ3n) is 2.80. The maximum absolute atomic E-state index is 10.9. The number of halogens is 1. The van der Waals surface area contributed by atoms with Crippen molar-refractivity contribution in [3.8, 4) is 0 Å². The number of nitrogens with zero attached hydrogens (tertiary/aromatic N) is 2. The van der Waals surface area contributed by atoms with Crippen molar-refractivity contribution in [1.82, 2.24) is 4.98 Å². The van der Waals surface area contributed by atoms with Crippen LogP contribution >= 0.6 is 11.6 Å². The molecule has 0 radical (unpaired) electrons. The predicted octanol–water partition coefficient (Wildman–Crippen LogP) is 1.79. The standard InChI is InChI=1S/C10H13ClN4O2/c11-7-3-9(15(16)17)10(13-5-7)14-8(4-12)6-1-2-6/h3,5-6,8H,1-2,4,12H2,(H,13,14). The van der Waals surface area contributed by atoms with Gasteiger partial charge in [-0.2, -0.15) is 0 Å². The molecule has 1 aromatic heterocycles. The van der Waals surface area contributed by atoms with Crippen molar-refractivity contribution in [3.63, 3.8) is 0 Å². The van der Waals surface area contributed by atoms with Crippen LogP contribution < -0.4 is 11.1 Å². The summed E-state index contributed by atoms with van der Waals surface area (Å²) in [7, 11) is 0. The number of nitro groups is 1. The zero-order valence-electron chi connectivity index (χ0n) is 9.10. The van der Waals surface area contributed by atoms with Gasteiger partial charge in [-0.05, 0) is 18.8 Å². The summed E-state index contributed by atoms with van der Waals surface area (Å²) in [5, 5.41) is 14.1. The molecule has 3 N–H and O–H groups in total. The van der Waals surface area contributed by atoms with E-state index in [1.54, 1.807) is 0 Å². The number of hydrogen-bond donors (Lipinski definition) is 2. The highest BCUT2D eigenvalue weighted by atomic mass is 35.5. The van der Waals surface area contributed by atoms with Gasteiger partial charge in [-0.15, -0.1) is 0 Å². The van der Waals surface area contributed by atoms with Crippen molar-refractivity contribution in [2.75, 3.05) is 11.9 Å². The first kappa shape index (κ1) is 12.1. The van der Waals surface area contributed by atoms with Crippen molar-refractivity contribution >= 4 is 23.1 Å². The van der Waals surface area contributed by atoms with Crippen LogP contribution in [0, 0.1) is 16.0 Å². The van der Waals surface area contributed by atoms with E-state index in [1.807, 2.05) is 0 Å². The summed E-state index contributed by atoms with van der Waals surface area (Å²) in [6.45, 7) is 0.437. The lowest BCUT2D eigenvalue weighted by molar-refractivity contribution is -0.384. The van der Waals surface area contributed by atoms with Gasteiger partial charge in [-0.1, -0.05) is 11.6 Å². The summed E-state index contributed by atoms with van der Waals surface area (Å²) in [6, 6.07) is 1.33. The van der Waals surface area contributed by atoms with Crippen molar-refractivity contribution < 1.29 is 4.92 Å². The van der Waals surface area contributed by atoms with E-state index in [-0.39, 0.29) is 22.6 Å². The molecule has 6 nitrogen and oxygen atoms in total. The molecule has 0 aliphatic heterocycles. The number of hydrogen-bond acceptors (Lipinski definition) is 5. The Labute approximate surface area is 103 Å². The molecule has 1 aromatic rings. The van der Waals surface area contributed by atoms with E-state index in [2.05, 4.69) is 10.3 Å². The second-order valence-corrected chi connectivity index (χ2v) is 4.54. The molecular weight excluding hydrogens is 244 g/mol. The van der Waals surface area contributed by atoms with E-state index < -0.39 is 4.92 Å². The molecule has 0 saturated heterocycles. The Kier molecular flexibility index (Phi) is 3.44. The Morgan fingerprint density at radius 2 is 2.41 bits per heavy atom. The lowest BCUT2D eigenvalue weighted by Gasteiger charge is -2.16. The quantitative estimate of drug-likeness (QED) is 0.619. The van der Waals surface area contributed by atoms with E-state index in [0.29, 0.717) is 12.5 Å². The highest BCUT2D eigenvalue weighted by Crippen LogP contribution is 2.35. The van der Waals surface area contributed by atoms with Crippen LogP contribution in [0.25, 0.3) is 0 Å². The molecule has 1 fully saturated rings. The molecule has 92 valence electrons. The van der Waals surface area contributed by atoms with Gasteiger partial charge in [0, 0.05) is 24.8 Å². The van der Waals surface area contributed by atoms with E-state index in [1.165, 1.54) is 12.3 Å². The molecule has 1 atom stereocenters. The van der Waals surface area contributed by atoms with Gasteiger partial charge in [0.1, 0.15) is 0 Å². The van der Waals surface area contributed by atoms with Crippen LogP contribution in [0.4, 0.5) is 11.5 Å². The van der Waals surface area contributed by atoms with E-state index in [9.17, 15) is 10.1 Å². The second kappa shape index (κ2) is 4.85. The molecule has 1 saturated carbocycles. The number of rotatable bonds is 5. The molecule has 17 heavy (non-hydrogen) atoms. The van der Waals surface area contributed by atoms with Crippen molar-refractivity contribution in [1.29, 1.82) is 0 Å². The molecule has 1 aliphatic rings. The zero-order valence-corrected chi connectivity index (χ0v) is 9.85. The molecule has 0 aromatic carbocycles. The van der Waals surface area contributed by atoms with Gasteiger partial charge in [-0.3, -0.25) is 10.1 Å². The minimum Gasteiger partial charge on any atom is -0.360 e. The van der Waals surface area contributed by atoms with Crippen molar-refractivity contribution in [2.24, 2.45) is 11.7 Å². The monoisotopic (exact) mass is 256 g/mol. The molecule has 1 heterocycles. The normalized spacial score (nSPS) is 16.6. The van der Waals surface area contributed by atoms with Crippen molar-refractivity contribution in [2.45, 2.75) is 18.9 Å². The first-order valence-electron chi connectivity index (χ1n) is 5.38. The fourth-order valence-electron chi connectivity index (χ4n) is 1.72. The first-order chi connectivity index (χ1) is 8.11. The van der Waals surface area contributed by atoms with Crippen LogP contribution in [0.3, 0.4) is 0 Å².